The number of nitrogens with one attached hydrogen (secondary N) is 1. The summed E-state index contributed by atoms with van der Waals surface area (Å²) >= 11 is 3.26. The lowest BCUT2D eigenvalue weighted by Gasteiger charge is -2.33. The second-order valence-corrected chi connectivity index (χ2v) is 7.73. The monoisotopic (exact) mass is 311 g/mol. The SMILES string of the molecule is O=C(NC1(C(=O)O)CCSCC1)c1cc2c(s1)CCC2. The Balaban J connectivity index is 1.77. The summed E-state index contributed by atoms with van der Waals surface area (Å²) in [7, 11) is 0. The highest BCUT2D eigenvalue weighted by Gasteiger charge is 2.41. The molecule has 0 unspecified atom stereocenters. The van der Waals surface area contributed by atoms with Gasteiger partial charge >= 0.3 is 5.97 Å². The molecule has 0 saturated carbocycles. The lowest BCUT2D eigenvalue weighted by atomic mass is 9.92. The van der Waals surface area contributed by atoms with E-state index in [0.717, 1.165) is 24.3 Å². The number of carbonyl (C=O) groups is 2. The number of aliphatic carboxylic acids is 1. The van der Waals surface area contributed by atoms with Gasteiger partial charge in [0.2, 0.25) is 0 Å². The molecule has 2 N–H and O–H groups in total. The molecule has 1 fully saturated rings. The minimum absolute atomic E-state index is 0.223. The molecule has 1 aromatic heterocycles. The first-order valence-electron chi connectivity index (χ1n) is 6.86. The van der Waals surface area contributed by atoms with Gasteiger partial charge in [0, 0.05) is 4.88 Å². The highest BCUT2D eigenvalue weighted by Crippen LogP contribution is 2.32. The molecule has 2 heterocycles. The average Bonchev–Trinajstić information content (AvgIpc) is 3.00. The minimum atomic E-state index is -1.07. The van der Waals surface area contributed by atoms with Gasteiger partial charge < -0.3 is 10.4 Å². The van der Waals surface area contributed by atoms with Gasteiger partial charge in [-0.25, -0.2) is 4.79 Å². The third-order valence-electron chi connectivity index (χ3n) is 4.08. The van der Waals surface area contributed by atoms with Crippen molar-refractivity contribution in [1.82, 2.24) is 5.32 Å². The number of aryl methyl sites for hydroxylation is 2. The number of carboxylic acids is 1. The molecule has 2 aliphatic rings. The molecule has 1 saturated heterocycles. The van der Waals surface area contributed by atoms with Gasteiger partial charge in [-0.1, -0.05) is 0 Å². The lowest BCUT2D eigenvalue weighted by molar-refractivity contribution is -0.144. The maximum Gasteiger partial charge on any atom is 0.329 e. The largest absolute Gasteiger partial charge is 0.480 e. The van der Waals surface area contributed by atoms with E-state index >= 15 is 0 Å². The molecule has 0 bridgehead atoms. The topological polar surface area (TPSA) is 66.4 Å². The number of carbonyl (C=O) groups excluding carboxylic acids is 1. The average molecular weight is 311 g/mol. The van der Waals surface area contributed by atoms with E-state index in [2.05, 4.69) is 5.32 Å². The predicted molar refractivity (Wildman–Crippen MR) is 80.7 cm³/mol. The number of fused-ring (bicyclic) bond motifs is 1. The second kappa shape index (κ2) is 5.41. The normalized spacial score (nSPS) is 20.4. The molecule has 1 aliphatic heterocycles. The summed E-state index contributed by atoms with van der Waals surface area (Å²) in [4.78, 5) is 25.9. The molecule has 3 rings (SSSR count). The van der Waals surface area contributed by atoms with Crippen molar-refractivity contribution in [1.29, 1.82) is 0 Å². The van der Waals surface area contributed by atoms with Gasteiger partial charge in [-0.15, -0.1) is 11.3 Å². The molecule has 1 amide bonds. The zero-order chi connectivity index (χ0) is 14.2. The van der Waals surface area contributed by atoms with Crippen LogP contribution in [0.2, 0.25) is 0 Å². The molecule has 0 spiro atoms. The number of thioether (sulfide) groups is 1. The van der Waals surface area contributed by atoms with E-state index < -0.39 is 11.5 Å². The van der Waals surface area contributed by atoms with Gasteiger partial charge in [0.15, 0.2) is 0 Å². The first kappa shape index (κ1) is 13.9. The Morgan fingerprint density at radius 3 is 2.65 bits per heavy atom. The van der Waals surface area contributed by atoms with Crippen molar-refractivity contribution in [3.8, 4) is 0 Å². The molecule has 1 aromatic rings. The summed E-state index contributed by atoms with van der Waals surface area (Å²) in [6.45, 7) is 0. The fourth-order valence-electron chi connectivity index (χ4n) is 2.83. The summed E-state index contributed by atoms with van der Waals surface area (Å²) in [6, 6.07) is 1.94. The van der Waals surface area contributed by atoms with Crippen molar-refractivity contribution in [2.24, 2.45) is 0 Å². The van der Waals surface area contributed by atoms with E-state index in [9.17, 15) is 14.7 Å². The molecule has 108 valence electrons. The van der Waals surface area contributed by atoms with Gasteiger partial charge in [0.25, 0.3) is 5.91 Å². The van der Waals surface area contributed by atoms with Crippen LogP contribution in [0.15, 0.2) is 6.07 Å². The Morgan fingerprint density at radius 1 is 1.25 bits per heavy atom. The number of rotatable bonds is 3. The minimum Gasteiger partial charge on any atom is -0.480 e. The number of amides is 1. The summed E-state index contributed by atoms with van der Waals surface area (Å²) in [5, 5.41) is 12.3. The Bertz CT molecular complexity index is 525. The summed E-state index contributed by atoms with van der Waals surface area (Å²) in [5.74, 6) is 0.440. The van der Waals surface area contributed by atoms with Gasteiger partial charge in [-0.05, 0) is 55.2 Å². The van der Waals surface area contributed by atoms with Crippen LogP contribution in [0.25, 0.3) is 0 Å². The maximum atomic E-state index is 12.4. The van der Waals surface area contributed by atoms with Crippen LogP contribution in [0, 0.1) is 0 Å². The first-order valence-corrected chi connectivity index (χ1v) is 8.83. The zero-order valence-corrected chi connectivity index (χ0v) is 12.7. The molecule has 20 heavy (non-hydrogen) atoms. The van der Waals surface area contributed by atoms with E-state index in [0.29, 0.717) is 17.7 Å². The van der Waals surface area contributed by atoms with E-state index in [1.807, 2.05) is 6.07 Å². The van der Waals surface area contributed by atoms with E-state index in [4.69, 9.17) is 0 Å². The fourth-order valence-corrected chi connectivity index (χ4v) is 5.17. The van der Waals surface area contributed by atoms with Crippen molar-refractivity contribution in [3.05, 3.63) is 21.4 Å². The van der Waals surface area contributed by atoms with Crippen LogP contribution in [0.4, 0.5) is 0 Å². The highest BCUT2D eigenvalue weighted by molar-refractivity contribution is 7.99. The van der Waals surface area contributed by atoms with E-state index in [1.165, 1.54) is 28.2 Å². The van der Waals surface area contributed by atoms with E-state index in [1.54, 1.807) is 11.8 Å². The highest BCUT2D eigenvalue weighted by atomic mass is 32.2. The summed E-state index contributed by atoms with van der Waals surface area (Å²) in [5.41, 5.74) is 0.195. The maximum absolute atomic E-state index is 12.4. The molecular weight excluding hydrogens is 294 g/mol. The predicted octanol–water partition coefficient (Wildman–Crippen LogP) is 2.32. The third kappa shape index (κ3) is 2.46. The number of hydrogen-bond donors (Lipinski definition) is 2. The van der Waals surface area contributed by atoms with Crippen molar-refractivity contribution in [2.75, 3.05) is 11.5 Å². The number of carboxylic acid groups (broad SMARTS) is 1. The molecule has 0 aromatic carbocycles. The fraction of sp³-hybridized carbons (Fsp3) is 0.571. The summed E-state index contributed by atoms with van der Waals surface area (Å²) < 4.78 is 0. The number of thiophene rings is 1. The Morgan fingerprint density at radius 2 is 2.00 bits per heavy atom. The van der Waals surface area contributed by atoms with Crippen molar-refractivity contribution in [2.45, 2.75) is 37.6 Å². The van der Waals surface area contributed by atoms with Gasteiger partial charge in [-0.2, -0.15) is 11.8 Å². The molecular formula is C14H17NO3S2. The standard InChI is InChI=1S/C14H17NO3S2/c16-12(11-8-9-2-1-3-10(9)20-11)15-14(13(17)18)4-6-19-7-5-14/h8H,1-7H2,(H,15,16)(H,17,18). The zero-order valence-electron chi connectivity index (χ0n) is 11.1. The Hall–Kier alpha value is -1.01. The van der Waals surface area contributed by atoms with Crippen LogP contribution in [-0.4, -0.2) is 34.0 Å². The van der Waals surface area contributed by atoms with E-state index in [-0.39, 0.29) is 5.91 Å². The van der Waals surface area contributed by atoms with Crippen LogP contribution in [0.5, 0.6) is 0 Å². The van der Waals surface area contributed by atoms with Gasteiger partial charge in [-0.3, -0.25) is 4.79 Å². The first-order chi connectivity index (χ1) is 9.61. The van der Waals surface area contributed by atoms with Crippen molar-refractivity contribution in [3.63, 3.8) is 0 Å². The third-order valence-corrected chi connectivity index (χ3v) is 6.30. The van der Waals surface area contributed by atoms with Crippen LogP contribution < -0.4 is 5.32 Å². The summed E-state index contributed by atoms with van der Waals surface area (Å²) in [6.07, 6.45) is 4.26. The van der Waals surface area contributed by atoms with Crippen molar-refractivity contribution < 1.29 is 14.7 Å². The van der Waals surface area contributed by atoms with Crippen LogP contribution in [0.3, 0.4) is 0 Å². The van der Waals surface area contributed by atoms with Crippen molar-refractivity contribution >= 4 is 35.0 Å². The van der Waals surface area contributed by atoms with Crippen LogP contribution in [-0.2, 0) is 17.6 Å². The molecule has 6 heteroatoms. The lowest BCUT2D eigenvalue weighted by Crippen LogP contribution is -2.56. The quantitative estimate of drug-likeness (QED) is 0.899. The Kier molecular flexibility index (Phi) is 3.77. The van der Waals surface area contributed by atoms with Crippen LogP contribution in [0.1, 0.15) is 39.4 Å². The van der Waals surface area contributed by atoms with Gasteiger partial charge in [0.1, 0.15) is 5.54 Å². The Labute approximate surface area is 125 Å². The second-order valence-electron chi connectivity index (χ2n) is 5.37. The molecule has 0 atom stereocenters. The molecule has 1 aliphatic carbocycles. The molecule has 4 nitrogen and oxygen atoms in total. The van der Waals surface area contributed by atoms with Gasteiger partial charge in [0.05, 0.1) is 4.88 Å². The molecule has 0 radical (unpaired) electrons. The van der Waals surface area contributed by atoms with Crippen LogP contribution >= 0.6 is 23.1 Å². The smallest absolute Gasteiger partial charge is 0.329 e. The number of hydrogen-bond acceptors (Lipinski definition) is 4.